The van der Waals surface area contributed by atoms with Crippen LogP contribution in [-0.2, 0) is 0 Å². The molecule has 0 radical (unpaired) electrons. The number of fused-ring (bicyclic) bond motifs is 1. The molecule has 1 aromatic heterocycles. The maximum absolute atomic E-state index is 13.7. The predicted molar refractivity (Wildman–Crippen MR) is 140 cm³/mol. The molecule has 0 N–H and O–H groups in total. The van der Waals surface area contributed by atoms with E-state index in [0.29, 0.717) is 12.5 Å². The van der Waals surface area contributed by atoms with Crippen molar-refractivity contribution >= 4 is 27.2 Å². The number of carbonyl (C=O) groups excluding carboxylic acids is 1. The average molecular weight is 478 g/mol. The zero-order valence-electron chi connectivity index (χ0n) is 20.3. The van der Waals surface area contributed by atoms with Crippen LogP contribution in [0.25, 0.3) is 10.1 Å². The second kappa shape index (κ2) is 10.5. The lowest BCUT2D eigenvalue weighted by Gasteiger charge is -2.30. The Morgan fingerprint density at radius 2 is 1.79 bits per heavy atom. The van der Waals surface area contributed by atoms with Crippen molar-refractivity contribution in [2.45, 2.75) is 51.4 Å². The highest BCUT2D eigenvalue weighted by molar-refractivity contribution is 7.19. The number of carbonyl (C=O) groups is 1. The molecule has 1 aliphatic carbocycles. The lowest BCUT2D eigenvalue weighted by Crippen LogP contribution is -2.37. The standard InChI is InChI=1S/C29H35NO3S/c1-20-6-5-15-30(19-20)16-17-33-23-11-9-21(10-12-23)28(31)27-25-14-13-24(32-2)18-26(25)34-29(27)22-7-3-4-8-22/h9-14,18,20,22H,3-8,15-17,19H2,1-2H3. The van der Waals surface area contributed by atoms with Gasteiger partial charge in [-0.2, -0.15) is 0 Å². The molecule has 5 rings (SSSR count). The lowest BCUT2D eigenvalue weighted by molar-refractivity contribution is 0.103. The number of likely N-dealkylation sites (tertiary alicyclic amines) is 1. The molecule has 180 valence electrons. The largest absolute Gasteiger partial charge is 0.497 e. The Balaban J connectivity index is 1.32. The molecule has 5 heteroatoms. The van der Waals surface area contributed by atoms with Gasteiger partial charge in [-0.15, -0.1) is 11.3 Å². The van der Waals surface area contributed by atoms with Crippen LogP contribution in [0.4, 0.5) is 0 Å². The average Bonchev–Trinajstić information content (AvgIpc) is 3.51. The first-order valence-electron chi connectivity index (χ1n) is 12.7. The topological polar surface area (TPSA) is 38.8 Å². The molecule has 2 aromatic carbocycles. The van der Waals surface area contributed by atoms with Gasteiger partial charge in [0.25, 0.3) is 0 Å². The minimum Gasteiger partial charge on any atom is -0.497 e. The second-order valence-electron chi connectivity index (χ2n) is 9.93. The number of rotatable bonds is 8. The SMILES string of the molecule is COc1ccc2c(C(=O)c3ccc(OCCN4CCCC(C)C4)cc3)c(C3CCCC3)sc2c1. The molecule has 2 fully saturated rings. The van der Waals surface area contributed by atoms with Crippen molar-refractivity contribution < 1.29 is 14.3 Å². The van der Waals surface area contributed by atoms with Gasteiger partial charge in [-0.3, -0.25) is 9.69 Å². The highest BCUT2D eigenvalue weighted by atomic mass is 32.1. The van der Waals surface area contributed by atoms with Crippen molar-refractivity contribution in [2.75, 3.05) is 33.4 Å². The molecule has 2 heterocycles. The summed E-state index contributed by atoms with van der Waals surface area (Å²) in [4.78, 5) is 17.5. The summed E-state index contributed by atoms with van der Waals surface area (Å²) in [6.07, 6.45) is 7.46. The van der Waals surface area contributed by atoms with E-state index in [-0.39, 0.29) is 5.78 Å². The number of ketones is 1. The first-order chi connectivity index (χ1) is 16.6. The van der Waals surface area contributed by atoms with Gasteiger partial charge in [-0.1, -0.05) is 19.8 Å². The highest BCUT2D eigenvalue weighted by Gasteiger charge is 2.28. The predicted octanol–water partition coefficient (Wildman–Crippen LogP) is 6.91. The fraction of sp³-hybridized carbons (Fsp3) is 0.483. The van der Waals surface area contributed by atoms with Crippen molar-refractivity contribution in [3.63, 3.8) is 0 Å². The second-order valence-corrected chi connectivity index (χ2v) is 11.0. The van der Waals surface area contributed by atoms with Crippen LogP contribution in [0.2, 0.25) is 0 Å². The summed E-state index contributed by atoms with van der Waals surface area (Å²) in [5.74, 6) is 3.06. The molecule has 2 aliphatic rings. The molecule has 1 saturated carbocycles. The molecule has 4 nitrogen and oxygen atoms in total. The number of hydrogen-bond acceptors (Lipinski definition) is 5. The Bertz CT molecular complexity index is 1130. The van der Waals surface area contributed by atoms with Crippen LogP contribution in [0.15, 0.2) is 42.5 Å². The van der Waals surface area contributed by atoms with E-state index in [1.54, 1.807) is 18.4 Å². The zero-order chi connectivity index (χ0) is 23.5. The molecule has 3 aromatic rings. The van der Waals surface area contributed by atoms with Crippen molar-refractivity contribution in [2.24, 2.45) is 5.92 Å². The summed E-state index contributed by atoms with van der Waals surface area (Å²) in [6, 6.07) is 13.8. The molecule has 1 aliphatic heterocycles. The highest BCUT2D eigenvalue weighted by Crippen LogP contribution is 2.44. The van der Waals surface area contributed by atoms with Gasteiger partial charge in [0, 0.05) is 39.2 Å². The van der Waals surface area contributed by atoms with E-state index in [2.05, 4.69) is 24.0 Å². The molecular formula is C29H35NO3S. The van der Waals surface area contributed by atoms with Crippen molar-refractivity contribution in [3.8, 4) is 11.5 Å². The van der Waals surface area contributed by atoms with E-state index in [0.717, 1.165) is 45.2 Å². The smallest absolute Gasteiger partial charge is 0.194 e. The van der Waals surface area contributed by atoms with Crippen LogP contribution < -0.4 is 9.47 Å². The number of thiophene rings is 1. The molecule has 1 unspecified atom stereocenters. The van der Waals surface area contributed by atoms with Crippen LogP contribution in [0.5, 0.6) is 11.5 Å². The monoisotopic (exact) mass is 477 g/mol. The number of benzene rings is 2. The Morgan fingerprint density at radius 3 is 2.53 bits per heavy atom. The van der Waals surface area contributed by atoms with Crippen molar-refractivity contribution in [3.05, 3.63) is 58.5 Å². The third-order valence-corrected chi connectivity index (χ3v) is 8.73. The minimum atomic E-state index is 0.118. The summed E-state index contributed by atoms with van der Waals surface area (Å²) in [5, 5.41) is 1.05. The number of methoxy groups -OCH3 is 1. The minimum absolute atomic E-state index is 0.118. The van der Waals surface area contributed by atoms with Gasteiger partial charge in [0.2, 0.25) is 0 Å². The van der Waals surface area contributed by atoms with E-state index in [1.807, 2.05) is 30.3 Å². The number of hydrogen-bond donors (Lipinski definition) is 0. The Hall–Kier alpha value is -2.37. The van der Waals surface area contributed by atoms with Crippen LogP contribution >= 0.6 is 11.3 Å². The van der Waals surface area contributed by atoms with Crippen LogP contribution in [0.1, 0.15) is 72.2 Å². The number of piperidine rings is 1. The van der Waals surface area contributed by atoms with Gasteiger partial charge in [0.05, 0.1) is 7.11 Å². The van der Waals surface area contributed by atoms with Gasteiger partial charge in [-0.25, -0.2) is 0 Å². The summed E-state index contributed by atoms with van der Waals surface area (Å²) in [7, 11) is 1.69. The molecular weight excluding hydrogens is 442 g/mol. The van der Waals surface area contributed by atoms with Crippen LogP contribution in [0, 0.1) is 5.92 Å². The van der Waals surface area contributed by atoms with Gasteiger partial charge >= 0.3 is 0 Å². The Morgan fingerprint density at radius 1 is 1.03 bits per heavy atom. The fourth-order valence-electron chi connectivity index (χ4n) is 5.56. The van der Waals surface area contributed by atoms with Crippen molar-refractivity contribution in [1.82, 2.24) is 4.90 Å². The quantitative estimate of drug-likeness (QED) is 0.331. The van der Waals surface area contributed by atoms with E-state index in [1.165, 1.54) is 56.5 Å². The van der Waals surface area contributed by atoms with E-state index in [9.17, 15) is 4.79 Å². The maximum Gasteiger partial charge on any atom is 0.194 e. The fourth-order valence-corrected chi connectivity index (χ4v) is 6.96. The maximum atomic E-state index is 13.7. The molecule has 34 heavy (non-hydrogen) atoms. The molecule has 1 atom stereocenters. The molecule has 0 amide bonds. The van der Waals surface area contributed by atoms with E-state index >= 15 is 0 Å². The Kier molecular flexibility index (Phi) is 7.21. The summed E-state index contributed by atoms with van der Waals surface area (Å²) in [5.41, 5.74) is 1.62. The van der Waals surface area contributed by atoms with Gasteiger partial charge < -0.3 is 9.47 Å². The number of nitrogens with zero attached hydrogens (tertiary/aromatic N) is 1. The lowest BCUT2D eigenvalue weighted by atomic mass is 9.94. The van der Waals surface area contributed by atoms with Crippen LogP contribution in [0.3, 0.4) is 0 Å². The first kappa shape index (κ1) is 23.4. The van der Waals surface area contributed by atoms with Crippen molar-refractivity contribution in [1.29, 1.82) is 0 Å². The molecule has 1 saturated heterocycles. The summed E-state index contributed by atoms with van der Waals surface area (Å²) < 4.78 is 12.6. The van der Waals surface area contributed by atoms with Gasteiger partial charge in [-0.05, 0) is 86.5 Å². The van der Waals surface area contributed by atoms with Crippen LogP contribution in [-0.4, -0.2) is 44.0 Å². The van der Waals surface area contributed by atoms with Gasteiger partial charge in [0.1, 0.15) is 18.1 Å². The third-order valence-electron chi connectivity index (χ3n) is 7.41. The molecule has 0 spiro atoms. The van der Waals surface area contributed by atoms with E-state index < -0.39 is 0 Å². The van der Waals surface area contributed by atoms with Gasteiger partial charge in [0.15, 0.2) is 5.78 Å². The van der Waals surface area contributed by atoms with E-state index in [4.69, 9.17) is 9.47 Å². The summed E-state index contributed by atoms with van der Waals surface area (Å²) >= 11 is 1.77. The normalized spacial score (nSPS) is 19.5. The first-order valence-corrected chi connectivity index (χ1v) is 13.5. The zero-order valence-corrected chi connectivity index (χ0v) is 21.2. The summed E-state index contributed by atoms with van der Waals surface area (Å²) in [6.45, 7) is 6.31. The molecule has 0 bridgehead atoms. The number of ether oxygens (including phenoxy) is 2. The third kappa shape index (κ3) is 5.01. The Labute approximate surface area is 206 Å².